The van der Waals surface area contributed by atoms with Gasteiger partial charge in [-0.3, -0.25) is 0 Å². The zero-order valence-electron chi connectivity index (χ0n) is 13.6. The Kier molecular flexibility index (Phi) is 4.10. The number of urea groups is 1. The molecule has 1 aromatic carbocycles. The van der Waals surface area contributed by atoms with Crippen LogP contribution in [0.2, 0.25) is 0 Å². The number of hydrogen-bond acceptors (Lipinski definition) is 4. The molecule has 0 saturated heterocycles. The lowest BCUT2D eigenvalue weighted by Crippen LogP contribution is -2.41. The molecule has 1 unspecified atom stereocenters. The van der Waals surface area contributed by atoms with Crippen LogP contribution in [-0.2, 0) is 0 Å². The fourth-order valence-electron chi connectivity index (χ4n) is 2.86. The van der Waals surface area contributed by atoms with E-state index in [-0.39, 0.29) is 12.6 Å². The highest BCUT2D eigenvalue weighted by atomic mass is 16.7. The largest absolute Gasteiger partial charge is 0.448 e. The maximum Gasteiger partial charge on any atom is 0.319 e. The summed E-state index contributed by atoms with van der Waals surface area (Å²) < 4.78 is 11.9. The number of benzene rings is 1. The number of amides is 2. The molecule has 1 atom stereocenters. The van der Waals surface area contributed by atoms with Crippen LogP contribution in [-0.4, -0.2) is 29.1 Å². The van der Waals surface area contributed by atoms with Gasteiger partial charge < -0.3 is 25.2 Å². The molecule has 6 heteroatoms. The molecule has 1 aliphatic heterocycles. The first-order valence-corrected chi connectivity index (χ1v) is 8.21. The molecule has 1 spiro atoms. The monoisotopic (exact) mass is 320 g/mol. The summed E-state index contributed by atoms with van der Waals surface area (Å²) in [5.74, 6) is 0.903. The highest BCUT2D eigenvalue weighted by Crippen LogP contribution is 2.47. The minimum Gasteiger partial charge on any atom is -0.448 e. The first kappa shape index (κ1) is 15.9. The number of hydrogen-bond donors (Lipinski definition) is 3. The molecule has 126 valence electrons. The number of carbonyl (C=O) groups is 1. The highest BCUT2D eigenvalue weighted by molar-refractivity contribution is 5.89. The molecule has 2 amide bonds. The molecule has 3 N–H and O–H groups in total. The Balaban J connectivity index is 1.60. The lowest BCUT2D eigenvalue weighted by Gasteiger charge is -2.21. The second-order valence-electron chi connectivity index (χ2n) is 6.64. The van der Waals surface area contributed by atoms with E-state index in [1.54, 1.807) is 19.1 Å². The minimum atomic E-state index is -0.902. The van der Waals surface area contributed by atoms with Crippen LogP contribution in [0.15, 0.2) is 18.2 Å². The Bertz CT molecular complexity index is 594. The lowest BCUT2D eigenvalue weighted by molar-refractivity contribution is -0.0716. The van der Waals surface area contributed by atoms with Gasteiger partial charge >= 0.3 is 6.03 Å². The van der Waals surface area contributed by atoms with Gasteiger partial charge in [0.05, 0.1) is 5.60 Å². The molecule has 1 aromatic rings. The highest BCUT2D eigenvalue weighted by Gasteiger charge is 2.44. The zero-order valence-corrected chi connectivity index (χ0v) is 13.6. The van der Waals surface area contributed by atoms with Gasteiger partial charge in [0.1, 0.15) is 0 Å². The van der Waals surface area contributed by atoms with Crippen molar-refractivity contribution < 1.29 is 19.4 Å². The topological polar surface area (TPSA) is 79.8 Å². The van der Waals surface area contributed by atoms with Gasteiger partial charge in [-0.05, 0) is 38.3 Å². The Morgan fingerprint density at radius 2 is 2.00 bits per heavy atom. The number of carbonyl (C=O) groups excluding carboxylic acids is 1. The maximum absolute atomic E-state index is 11.9. The minimum absolute atomic E-state index is 0.197. The molecular weight excluding hydrogens is 296 g/mol. The van der Waals surface area contributed by atoms with Gasteiger partial charge in [0.25, 0.3) is 5.79 Å². The molecular formula is C17H24N2O4. The summed E-state index contributed by atoms with van der Waals surface area (Å²) in [6.07, 6.45) is 4.59. The van der Waals surface area contributed by atoms with E-state index in [0.717, 1.165) is 31.4 Å². The van der Waals surface area contributed by atoms with Crippen LogP contribution in [0.1, 0.15) is 46.0 Å². The molecule has 3 rings (SSSR count). The van der Waals surface area contributed by atoms with E-state index in [9.17, 15) is 9.90 Å². The number of rotatable bonds is 4. The van der Waals surface area contributed by atoms with Crippen molar-refractivity contribution in [3.05, 3.63) is 18.2 Å². The van der Waals surface area contributed by atoms with Crippen molar-refractivity contribution >= 4 is 11.7 Å². The van der Waals surface area contributed by atoms with E-state index < -0.39 is 11.4 Å². The Morgan fingerprint density at radius 3 is 2.70 bits per heavy atom. The SMILES string of the molecule is CCC(C)(O)CNC(=O)Nc1ccc2c(c1)OC1(CCCC1)O2. The summed E-state index contributed by atoms with van der Waals surface area (Å²) >= 11 is 0. The second kappa shape index (κ2) is 5.92. The molecule has 0 radical (unpaired) electrons. The molecule has 1 fully saturated rings. The van der Waals surface area contributed by atoms with Crippen molar-refractivity contribution in [3.63, 3.8) is 0 Å². The zero-order chi connectivity index (χ0) is 16.5. The Morgan fingerprint density at radius 1 is 1.30 bits per heavy atom. The van der Waals surface area contributed by atoms with E-state index in [2.05, 4.69) is 10.6 Å². The van der Waals surface area contributed by atoms with Crippen LogP contribution in [0.3, 0.4) is 0 Å². The van der Waals surface area contributed by atoms with E-state index in [4.69, 9.17) is 9.47 Å². The van der Waals surface area contributed by atoms with E-state index in [0.29, 0.717) is 17.9 Å². The molecule has 1 aliphatic carbocycles. The first-order chi connectivity index (χ1) is 10.9. The number of anilines is 1. The van der Waals surface area contributed by atoms with Crippen LogP contribution >= 0.6 is 0 Å². The predicted octanol–water partition coefficient (Wildman–Crippen LogP) is 3.01. The standard InChI is InChI=1S/C17H24N2O4/c1-3-16(2,21)11-18-15(20)19-12-6-7-13-14(10-12)23-17(22-13)8-4-5-9-17/h6-7,10,21H,3-5,8-9,11H2,1-2H3,(H2,18,19,20). The van der Waals surface area contributed by atoms with Gasteiger partial charge in [-0.1, -0.05) is 6.92 Å². The third-order valence-corrected chi connectivity index (χ3v) is 4.55. The maximum atomic E-state index is 11.9. The number of aliphatic hydroxyl groups is 1. The fraction of sp³-hybridized carbons (Fsp3) is 0.588. The Labute approximate surface area is 136 Å². The molecule has 1 saturated carbocycles. The number of nitrogens with one attached hydrogen (secondary N) is 2. The first-order valence-electron chi connectivity index (χ1n) is 8.21. The van der Waals surface area contributed by atoms with Crippen molar-refractivity contribution in [3.8, 4) is 11.5 Å². The summed E-state index contributed by atoms with van der Waals surface area (Å²) in [5, 5.41) is 15.3. The van der Waals surface area contributed by atoms with Crippen LogP contribution in [0.4, 0.5) is 10.5 Å². The molecule has 0 aromatic heterocycles. The van der Waals surface area contributed by atoms with E-state index in [1.807, 2.05) is 13.0 Å². The molecule has 0 bridgehead atoms. The van der Waals surface area contributed by atoms with Gasteiger partial charge in [0.15, 0.2) is 11.5 Å². The third-order valence-electron chi connectivity index (χ3n) is 4.55. The van der Waals surface area contributed by atoms with Crippen molar-refractivity contribution in [1.82, 2.24) is 5.32 Å². The van der Waals surface area contributed by atoms with Crippen molar-refractivity contribution in [1.29, 1.82) is 0 Å². The van der Waals surface area contributed by atoms with E-state index >= 15 is 0 Å². The van der Waals surface area contributed by atoms with Crippen LogP contribution in [0.25, 0.3) is 0 Å². The predicted molar refractivity (Wildman–Crippen MR) is 86.8 cm³/mol. The average Bonchev–Trinajstić information content (AvgIpc) is 3.11. The van der Waals surface area contributed by atoms with Crippen molar-refractivity contribution in [2.75, 3.05) is 11.9 Å². The van der Waals surface area contributed by atoms with Crippen LogP contribution in [0, 0.1) is 0 Å². The summed E-state index contributed by atoms with van der Waals surface area (Å²) in [5.41, 5.74) is -0.266. The average molecular weight is 320 g/mol. The fourth-order valence-corrected chi connectivity index (χ4v) is 2.86. The van der Waals surface area contributed by atoms with Gasteiger partial charge in [0.2, 0.25) is 0 Å². The van der Waals surface area contributed by atoms with Crippen LogP contribution < -0.4 is 20.1 Å². The molecule has 6 nitrogen and oxygen atoms in total. The van der Waals surface area contributed by atoms with Crippen molar-refractivity contribution in [2.24, 2.45) is 0 Å². The molecule has 1 heterocycles. The summed E-state index contributed by atoms with van der Waals surface area (Å²) in [4.78, 5) is 11.9. The number of ether oxygens (including phenoxy) is 2. The second-order valence-corrected chi connectivity index (χ2v) is 6.64. The lowest BCUT2D eigenvalue weighted by atomic mass is 10.0. The van der Waals surface area contributed by atoms with Crippen molar-refractivity contribution in [2.45, 2.75) is 57.3 Å². The van der Waals surface area contributed by atoms with Gasteiger partial charge in [0, 0.05) is 31.1 Å². The van der Waals surface area contributed by atoms with Gasteiger partial charge in [-0.25, -0.2) is 4.79 Å². The number of fused-ring (bicyclic) bond motifs is 1. The van der Waals surface area contributed by atoms with Gasteiger partial charge in [-0.15, -0.1) is 0 Å². The van der Waals surface area contributed by atoms with E-state index in [1.165, 1.54) is 0 Å². The van der Waals surface area contributed by atoms with Gasteiger partial charge in [-0.2, -0.15) is 0 Å². The van der Waals surface area contributed by atoms with Crippen LogP contribution in [0.5, 0.6) is 11.5 Å². The third kappa shape index (κ3) is 3.52. The smallest absolute Gasteiger partial charge is 0.319 e. The Hall–Kier alpha value is -1.95. The molecule has 23 heavy (non-hydrogen) atoms. The quantitative estimate of drug-likeness (QED) is 0.797. The summed E-state index contributed by atoms with van der Waals surface area (Å²) in [6, 6.07) is 5.03. The molecule has 2 aliphatic rings. The summed E-state index contributed by atoms with van der Waals surface area (Å²) in [7, 11) is 0. The normalized spacial score (nSPS) is 20.3. The summed E-state index contributed by atoms with van der Waals surface area (Å²) in [6.45, 7) is 3.76.